The van der Waals surface area contributed by atoms with Crippen LogP contribution in [0.15, 0.2) is 54.7 Å². The average Bonchev–Trinajstić information content (AvgIpc) is 2.46. The summed E-state index contributed by atoms with van der Waals surface area (Å²) in [5.41, 5.74) is 1.62. The Morgan fingerprint density at radius 3 is 2.63 bits per heavy atom. The molecule has 0 atom stereocenters. The van der Waals surface area contributed by atoms with E-state index in [1.807, 2.05) is 24.3 Å². The maximum atomic E-state index is 12.5. The van der Waals surface area contributed by atoms with E-state index in [0.717, 1.165) is 5.39 Å². The molecule has 0 saturated heterocycles. The summed E-state index contributed by atoms with van der Waals surface area (Å²) < 4.78 is 0. The van der Waals surface area contributed by atoms with Crippen molar-refractivity contribution in [3.05, 3.63) is 71.1 Å². The van der Waals surface area contributed by atoms with E-state index in [1.54, 1.807) is 30.5 Å². The van der Waals surface area contributed by atoms with Crippen LogP contribution in [0.2, 0.25) is 5.15 Å². The van der Waals surface area contributed by atoms with Crippen molar-refractivity contribution in [1.82, 2.24) is 9.97 Å². The second-order valence-corrected chi connectivity index (χ2v) is 4.44. The Morgan fingerprint density at radius 1 is 1.05 bits per heavy atom. The van der Waals surface area contributed by atoms with Gasteiger partial charge in [-0.05, 0) is 24.3 Å². The van der Waals surface area contributed by atoms with Gasteiger partial charge in [0.2, 0.25) is 5.78 Å². The second-order valence-electron chi connectivity index (χ2n) is 4.05. The summed E-state index contributed by atoms with van der Waals surface area (Å²) in [4.78, 5) is 20.7. The Bertz CT molecular complexity index is 756. The summed E-state index contributed by atoms with van der Waals surface area (Å²) in [5.74, 6) is -0.152. The number of benzene rings is 1. The first-order valence-corrected chi connectivity index (χ1v) is 6.14. The number of rotatable bonds is 2. The minimum Gasteiger partial charge on any atom is -0.287 e. The van der Waals surface area contributed by atoms with Gasteiger partial charge in [0.05, 0.1) is 5.52 Å². The predicted molar refractivity (Wildman–Crippen MR) is 74.4 cm³/mol. The number of para-hydroxylation sites is 1. The standard InChI is InChI=1S/C15H9ClN2O/c16-14-9-11(10-5-1-2-6-12(10)18-14)15(19)13-7-3-4-8-17-13/h1-9H. The lowest BCUT2D eigenvalue weighted by Crippen LogP contribution is -2.05. The summed E-state index contributed by atoms with van der Waals surface area (Å²) in [5, 5.41) is 1.08. The average molecular weight is 269 g/mol. The van der Waals surface area contributed by atoms with Gasteiger partial charge in [-0.1, -0.05) is 35.9 Å². The molecule has 0 amide bonds. The van der Waals surface area contributed by atoms with Gasteiger partial charge in [-0.15, -0.1) is 0 Å². The summed E-state index contributed by atoms with van der Waals surface area (Å²) in [6.45, 7) is 0. The number of ketones is 1. The topological polar surface area (TPSA) is 42.9 Å². The zero-order valence-corrected chi connectivity index (χ0v) is 10.6. The monoisotopic (exact) mass is 268 g/mol. The SMILES string of the molecule is O=C(c1ccccn1)c1cc(Cl)nc2ccccc12. The highest BCUT2D eigenvalue weighted by molar-refractivity contribution is 6.31. The molecule has 0 aliphatic carbocycles. The maximum Gasteiger partial charge on any atom is 0.212 e. The Labute approximate surface area is 114 Å². The summed E-state index contributed by atoms with van der Waals surface area (Å²) in [7, 11) is 0. The van der Waals surface area contributed by atoms with E-state index < -0.39 is 0 Å². The van der Waals surface area contributed by atoms with Crippen molar-refractivity contribution in [3.63, 3.8) is 0 Å². The predicted octanol–water partition coefficient (Wildman–Crippen LogP) is 3.51. The number of carbonyl (C=O) groups is 1. The number of pyridine rings is 2. The van der Waals surface area contributed by atoms with Crippen LogP contribution in [0.1, 0.15) is 16.1 Å². The van der Waals surface area contributed by atoms with Gasteiger partial charge in [0.15, 0.2) is 0 Å². The van der Waals surface area contributed by atoms with E-state index in [1.165, 1.54) is 0 Å². The molecule has 92 valence electrons. The molecule has 2 aromatic heterocycles. The molecule has 1 aromatic carbocycles. The lowest BCUT2D eigenvalue weighted by atomic mass is 10.0. The second kappa shape index (κ2) is 4.78. The Balaban J connectivity index is 2.23. The molecule has 4 heteroatoms. The first-order valence-electron chi connectivity index (χ1n) is 5.77. The molecule has 3 rings (SSSR count). The van der Waals surface area contributed by atoms with Crippen LogP contribution < -0.4 is 0 Å². The van der Waals surface area contributed by atoms with E-state index >= 15 is 0 Å². The first-order chi connectivity index (χ1) is 9.25. The van der Waals surface area contributed by atoms with Crippen LogP contribution in [0.4, 0.5) is 0 Å². The fourth-order valence-electron chi connectivity index (χ4n) is 1.97. The smallest absolute Gasteiger partial charge is 0.212 e. The summed E-state index contributed by atoms with van der Waals surface area (Å²) in [6, 6.07) is 14.2. The number of halogens is 1. The molecule has 0 aliphatic rings. The number of nitrogens with zero attached hydrogens (tertiary/aromatic N) is 2. The highest BCUT2D eigenvalue weighted by Gasteiger charge is 2.15. The summed E-state index contributed by atoms with van der Waals surface area (Å²) in [6.07, 6.45) is 1.60. The molecule has 0 radical (unpaired) electrons. The molecule has 0 aliphatic heterocycles. The van der Waals surface area contributed by atoms with Crippen LogP contribution in [0.25, 0.3) is 10.9 Å². The molecule has 0 fully saturated rings. The van der Waals surface area contributed by atoms with Gasteiger partial charge < -0.3 is 0 Å². The molecular weight excluding hydrogens is 260 g/mol. The molecule has 0 spiro atoms. The zero-order chi connectivity index (χ0) is 13.2. The van der Waals surface area contributed by atoms with E-state index in [-0.39, 0.29) is 5.78 Å². The Kier molecular flexibility index (Phi) is 2.97. The highest BCUT2D eigenvalue weighted by atomic mass is 35.5. The molecule has 0 unspecified atom stereocenters. The molecule has 3 nitrogen and oxygen atoms in total. The number of fused-ring (bicyclic) bond motifs is 1. The van der Waals surface area contributed by atoms with Gasteiger partial charge in [-0.25, -0.2) is 4.98 Å². The van der Waals surface area contributed by atoms with Crippen LogP contribution in [0, 0.1) is 0 Å². The molecule has 19 heavy (non-hydrogen) atoms. The third-order valence-corrected chi connectivity index (χ3v) is 3.02. The lowest BCUT2D eigenvalue weighted by Gasteiger charge is -2.05. The molecule has 0 N–H and O–H groups in total. The van der Waals surface area contributed by atoms with Crippen molar-refractivity contribution in [2.45, 2.75) is 0 Å². The Morgan fingerprint density at radius 2 is 1.84 bits per heavy atom. The van der Waals surface area contributed by atoms with Gasteiger partial charge in [-0.2, -0.15) is 0 Å². The molecule has 0 saturated carbocycles. The summed E-state index contributed by atoms with van der Waals surface area (Å²) >= 11 is 5.97. The van der Waals surface area contributed by atoms with E-state index in [2.05, 4.69) is 9.97 Å². The first kappa shape index (κ1) is 11.8. The highest BCUT2D eigenvalue weighted by Crippen LogP contribution is 2.22. The maximum absolute atomic E-state index is 12.5. The van der Waals surface area contributed by atoms with Crippen molar-refractivity contribution in [2.24, 2.45) is 0 Å². The van der Waals surface area contributed by atoms with E-state index in [0.29, 0.717) is 21.9 Å². The third kappa shape index (κ3) is 2.20. The number of hydrogen-bond donors (Lipinski definition) is 0. The van der Waals surface area contributed by atoms with Crippen molar-refractivity contribution in [2.75, 3.05) is 0 Å². The van der Waals surface area contributed by atoms with Crippen molar-refractivity contribution in [3.8, 4) is 0 Å². The van der Waals surface area contributed by atoms with Crippen LogP contribution in [0.3, 0.4) is 0 Å². The molecular formula is C15H9ClN2O. The lowest BCUT2D eigenvalue weighted by molar-refractivity contribution is 0.103. The number of carbonyl (C=O) groups excluding carboxylic acids is 1. The Hall–Kier alpha value is -2.26. The van der Waals surface area contributed by atoms with Gasteiger partial charge in [0, 0.05) is 17.1 Å². The fourth-order valence-corrected chi connectivity index (χ4v) is 2.17. The third-order valence-electron chi connectivity index (χ3n) is 2.83. The van der Waals surface area contributed by atoms with Crippen molar-refractivity contribution in [1.29, 1.82) is 0 Å². The molecule has 3 aromatic rings. The van der Waals surface area contributed by atoms with Gasteiger partial charge >= 0.3 is 0 Å². The normalized spacial score (nSPS) is 10.6. The van der Waals surface area contributed by atoms with E-state index in [9.17, 15) is 4.79 Å². The minimum absolute atomic E-state index is 0.152. The van der Waals surface area contributed by atoms with Gasteiger partial charge in [-0.3, -0.25) is 9.78 Å². The van der Waals surface area contributed by atoms with Crippen LogP contribution >= 0.6 is 11.6 Å². The largest absolute Gasteiger partial charge is 0.287 e. The fraction of sp³-hybridized carbons (Fsp3) is 0. The van der Waals surface area contributed by atoms with Crippen LogP contribution in [-0.2, 0) is 0 Å². The van der Waals surface area contributed by atoms with E-state index in [4.69, 9.17) is 11.6 Å². The zero-order valence-electron chi connectivity index (χ0n) is 9.88. The van der Waals surface area contributed by atoms with Gasteiger partial charge in [0.25, 0.3) is 0 Å². The quantitative estimate of drug-likeness (QED) is 0.528. The van der Waals surface area contributed by atoms with Crippen LogP contribution in [-0.4, -0.2) is 15.8 Å². The minimum atomic E-state index is -0.152. The van der Waals surface area contributed by atoms with Gasteiger partial charge in [0.1, 0.15) is 10.8 Å². The van der Waals surface area contributed by atoms with Crippen LogP contribution in [0.5, 0.6) is 0 Å². The number of aromatic nitrogens is 2. The molecule has 2 heterocycles. The number of hydrogen-bond acceptors (Lipinski definition) is 3. The van der Waals surface area contributed by atoms with Crippen molar-refractivity contribution < 1.29 is 4.79 Å². The molecule has 0 bridgehead atoms. The van der Waals surface area contributed by atoms with Crippen molar-refractivity contribution >= 4 is 28.3 Å².